The van der Waals surface area contributed by atoms with Crippen LogP contribution in [-0.4, -0.2) is 18.7 Å². The highest BCUT2D eigenvalue weighted by molar-refractivity contribution is 7.85. The van der Waals surface area contributed by atoms with Crippen LogP contribution in [0.1, 0.15) is 65.2 Å². The number of amidine groups is 1. The number of rotatable bonds is 6. The van der Waals surface area contributed by atoms with Crippen molar-refractivity contribution in [2.24, 2.45) is 43.8 Å². The molecule has 0 amide bonds. The van der Waals surface area contributed by atoms with Gasteiger partial charge in [-0.15, -0.1) is 0 Å². The highest BCUT2D eigenvalue weighted by atomic mass is 32.2. The molecular formula is C24H35F2N3OS. The summed E-state index contributed by atoms with van der Waals surface area (Å²) >= 11 is 0. The fourth-order valence-corrected chi connectivity index (χ4v) is 6.50. The molecule has 0 aliphatic heterocycles. The average molecular weight is 452 g/mol. The summed E-state index contributed by atoms with van der Waals surface area (Å²) in [7, 11) is -1.17. The molecule has 0 spiro atoms. The summed E-state index contributed by atoms with van der Waals surface area (Å²) in [5.74, 6) is 3.27. The Labute approximate surface area is 187 Å². The van der Waals surface area contributed by atoms with Crippen molar-refractivity contribution < 1.29 is 13.6 Å². The molecule has 0 radical (unpaired) electrons. The zero-order valence-electron chi connectivity index (χ0n) is 18.9. The van der Waals surface area contributed by atoms with Gasteiger partial charge in [-0.2, -0.15) is 4.40 Å². The Morgan fingerprint density at radius 2 is 1.90 bits per heavy atom. The highest BCUT2D eigenvalue weighted by Gasteiger charge is 2.41. The summed E-state index contributed by atoms with van der Waals surface area (Å²) in [5, 5.41) is 0. The lowest BCUT2D eigenvalue weighted by molar-refractivity contribution is -0.00240. The van der Waals surface area contributed by atoms with Crippen LogP contribution >= 0.6 is 0 Å². The standard InChI is InChI=1S/C24H35F2N3OS/c1-15-6-16-8-17(7-15)13-24(2,12-16)14-30-22-11-20(25)9-19(10-21(22)18-4-5-18)23(27)28-31(3)29-26/h10-11,15-18H,4-9,12-14H2,1-3H3,(H2,27,28). The Morgan fingerprint density at radius 3 is 2.52 bits per heavy atom. The van der Waals surface area contributed by atoms with E-state index in [1.165, 1.54) is 44.4 Å². The summed E-state index contributed by atoms with van der Waals surface area (Å²) in [6.45, 7) is 5.34. The predicted octanol–water partition coefficient (Wildman–Crippen LogP) is 6.29. The summed E-state index contributed by atoms with van der Waals surface area (Å²) in [6.07, 6.45) is 13.6. The maximum absolute atomic E-state index is 14.8. The quantitative estimate of drug-likeness (QED) is 0.381. The molecule has 3 saturated carbocycles. The van der Waals surface area contributed by atoms with Gasteiger partial charge in [0.1, 0.15) is 17.4 Å². The molecular weight excluding hydrogens is 416 g/mol. The van der Waals surface area contributed by atoms with E-state index in [2.05, 4.69) is 22.8 Å². The first-order valence-electron chi connectivity index (χ1n) is 11.5. The number of hydrogen-bond donors (Lipinski definition) is 1. The molecule has 172 valence electrons. The molecule has 0 aromatic rings. The van der Waals surface area contributed by atoms with Gasteiger partial charge in [0, 0.05) is 29.7 Å². The number of fused-ring (bicyclic) bond motifs is 2. The topological polar surface area (TPSA) is 60.0 Å². The first-order valence-corrected chi connectivity index (χ1v) is 13.1. The maximum Gasteiger partial charge on any atom is 0.136 e. The minimum Gasteiger partial charge on any atom is -0.493 e. The van der Waals surface area contributed by atoms with Crippen molar-refractivity contribution in [2.75, 3.05) is 12.9 Å². The number of nitrogens with zero attached hydrogens (tertiary/aromatic N) is 2. The molecule has 4 nitrogen and oxygen atoms in total. The fraction of sp³-hybridized carbons (Fsp3) is 0.708. The van der Waals surface area contributed by atoms with Gasteiger partial charge >= 0.3 is 0 Å². The molecule has 0 aromatic carbocycles. The lowest BCUT2D eigenvalue weighted by atomic mass is 9.60. The second kappa shape index (κ2) is 9.16. The van der Waals surface area contributed by atoms with Gasteiger partial charge in [0.05, 0.1) is 17.5 Å². The van der Waals surface area contributed by atoms with E-state index in [4.69, 9.17) is 10.5 Å². The summed E-state index contributed by atoms with van der Waals surface area (Å²) < 4.78 is 40.4. The molecule has 3 atom stereocenters. The van der Waals surface area contributed by atoms with Gasteiger partial charge in [0.15, 0.2) is 0 Å². The Balaban J connectivity index is 1.55. The van der Waals surface area contributed by atoms with Crippen LogP contribution in [0.5, 0.6) is 0 Å². The number of allylic oxidation sites excluding steroid dienone is 4. The molecule has 2 bridgehead atoms. The Kier molecular flexibility index (Phi) is 6.71. The second-order valence-corrected chi connectivity index (χ2v) is 11.8. The normalized spacial score (nSPS) is 35.4. The monoisotopic (exact) mass is 451 g/mol. The van der Waals surface area contributed by atoms with Gasteiger partial charge in [0.2, 0.25) is 0 Å². The number of ether oxygens (including phenoxy) is 1. The van der Waals surface area contributed by atoms with Gasteiger partial charge in [-0.25, -0.2) is 4.39 Å². The number of halogens is 2. The van der Waals surface area contributed by atoms with Gasteiger partial charge in [-0.05, 0) is 84.9 Å². The van der Waals surface area contributed by atoms with E-state index in [-0.39, 0.29) is 23.5 Å². The molecule has 31 heavy (non-hydrogen) atoms. The summed E-state index contributed by atoms with van der Waals surface area (Å²) in [5.41, 5.74) is 7.78. The van der Waals surface area contributed by atoms with Crippen molar-refractivity contribution in [3.63, 3.8) is 0 Å². The molecule has 4 rings (SSSR count). The van der Waals surface area contributed by atoms with E-state index in [1.807, 2.05) is 6.08 Å². The van der Waals surface area contributed by atoms with E-state index >= 15 is 0 Å². The highest BCUT2D eigenvalue weighted by Crippen LogP contribution is 2.51. The first kappa shape index (κ1) is 22.7. The first-order chi connectivity index (χ1) is 14.7. The van der Waals surface area contributed by atoms with E-state index in [9.17, 15) is 8.87 Å². The van der Waals surface area contributed by atoms with Gasteiger partial charge < -0.3 is 10.5 Å². The Morgan fingerprint density at radius 1 is 1.23 bits per heavy atom. The largest absolute Gasteiger partial charge is 0.493 e. The van der Waals surface area contributed by atoms with Crippen molar-refractivity contribution in [3.05, 3.63) is 34.9 Å². The molecule has 3 unspecified atom stereocenters. The zero-order valence-corrected chi connectivity index (χ0v) is 19.7. The molecule has 4 aliphatic rings. The van der Waals surface area contributed by atoms with Crippen molar-refractivity contribution in [1.29, 1.82) is 0 Å². The zero-order chi connectivity index (χ0) is 22.2. The van der Waals surface area contributed by atoms with Crippen LogP contribution in [-0.2, 0) is 15.6 Å². The third kappa shape index (κ3) is 5.65. The second-order valence-electron chi connectivity index (χ2n) is 10.6. The molecule has 0 aromatic heterocycles. The minimum absolute atomic E-state index is 0.0429. The van der Waals surface area contributed by atoms with Crippen LogP contribution < -0.4 is 5.73 Å². The van der Waals surface area contributed by atoms with Crippen molar-refractivity contribution in [2.45, 2.75) is 65.2 Å². The van der Waals surface area contributed by atoms with Crippen LogP contribution in [0.2, 0.25) is 0 Å². The predicted molar refractivity (Wildman–Crippen MR) is 123 cm³/mol. The van der Waals surface area contributed by atoms with Gasteiger partial charge in [-0.1, -0.05) is 18.3 Å². The maximum atomic E-state index is 14.8. The lowest BCUT2D eigenvalue weighted by Gasteiger charge is -2.47. The smallest absolute Gasteiger partial charge is 0.136 e. The number of hydrogen-bond acceptors (Lipinski definition) is 2. The van der Waals surface area contributed by atoms with Crippen LogP contribution in [0.3, 0.4) is 0 Å². The van der Waals surface area contributed by atoms with Crippen LogP contribution in [0, 0.1) is 29.1 Å². The summed E-state index contributed by atoms with van der Waals surface area (Å²) in [4.78, 5) is 0. The fourth-order valence-electron chi connectivity index (χ4n) is 6.07. The van der Waals surface area contributed by atoms with Crippen molar-refractivity contribution >= 4 is 16.7 Å². The van der Waals surface area contributed by atoms with Gasteiger partial charge in [-0.3, -0.25) is 0 Å². The van der Waals surface area contributed by atoms with E-state index in [0.29, 0.717) is 23.9 Å². The third-order valence-corrected chi connectivity index (χ3v) is 7.88. The molecule has 7 heteroatoms. The average Bonchev–Trinajstić information content (AvgIpc) is 3.52. The molecule has 4 aliphatic carbocycles. The molecule has 0 saturated heterocycles. The van der Waals surface area contributed by atoms with Crippen LogP contribution in [0.4, 0.5) is 8.87 Å². The summed E-state index contributed by atoms with van der Waals surface area (Å²) in [6, 6.07) is 0. The van der Waals surface area contributed by atoms with Crippen LogP contribution in [0.15, 0.2) is 43.9 Å². The van der Waals surface area contributed by atoms with E-state index in [0.717, 1.165) is 36.2 Å². The van der Waals surface area contributed by atoms with Gasteiger partial charge in [0.25, 0.3) is 0 Å². The van der Waals surface area contributed by atoms with Crippen molar-refractivity contribution in [3.8, 4) is 0 Å². The SMILES string of the molecule is CC1CC2CC(C1)CC(C)(COC1=C(C3CC3)C=C(C(N)=NS(C)=NF)CC(F)=C1)C2. The van der Waals surface area contributed by atoms with E-state index in [1.54, 1.807) is 0 Å². The Bertz CT molecular complexity index is 854. The molecule has 3 fully saturated rings. The van der Waals surface area contributed by atoms with Crippen LogP contribution in [0.25, 0.3) is 0 Å². The third-order valence-electron chi connectivity index (χ3n) is 7.21. The molecule has 2 N–H and O–H groups in total. The minimum atomic E-state index is -1.17. The number of nitrogens with two attached hydrogens (primary N) is 1. The van der Waals surface area contributed by atoms with E-state index < -0.39 is 10.9 Å². The Hall–Kier alpha value is -1.50. The van der Waals surface area contributed by atoms with Crippen molar-refractivity contribution in [1.82, 2.24) is 0 Å². The lowest BCUT2D eigenvalue weighted by Crippen LogP contribution is -2.38. The molecule has 0 heterocycles.